The van der Waals surface area contributed by atoms with Gasteiger partial charge in [0.05, 0.1) is 12.9 Å². The van der Waals surface area contributed by atoms with Gasteiger partial charge in [0.15, 0.2) is 0 Å². The van der Waals surface area contributed by atoms with E-state index in [-0.39, 0.29) is 6.61 Å². The molecule has 0 aromatic carbocycles. The van der Waals surface area contributed by atoms with E-state index in [1.54, 1.807) is 6.20 Å². The molecule has 1 unspecified atom stereocenters. The molecule has 0 aliphatic carbocycles. The first-order chi connectivity index (χ1) is 5.84. The van der Waals surface area contributed by atoms with Gasteiger partial charge in [0.1, 0.15) is 11.9 Å². The summed E-state index contributed by atoms with van der Waals surface area (Å²) >= 11 is -1.01. The maximum Gasteiger partial charge on any atom is 0.242 e. The van der Waals surface area contributed by atoms with Crippen LogP contribution in [0, 0.1) is 0 Å². The first-order valence-corrected chi connectivity index (χ1v) is 5.11. The van der Waals surface area contributed by atoms with Crippen molar-refractivity contribution in [1.82, 2.24) is 9.97 Å². The zero-order valence-corrected chi connectivity index (χ0v) is 7.47. The van der Waals surface area contributed by atoms with Crippen molar-refractivity contribution in [2.24, 2.45) is 0 Å². The Labute approximate surface area is 74.2 Å². The summed E-state index contributed by atoms with van der Waals surface area (Å²) in [5.41, 5.74) is 0. The van der Waals surface area contributed by atoms with Crippen molar-refractivity contribution >= 4 is 11.2 Å². The van der Waals surface area contributed by atoms with Gasteiger partial charge < -0.3 is 9.54 Å². The highest BCUT2D eigenvalue weighted by molar-refractivity contribution is 7.91. The van der Waals surface area contributed by atoms with Crippen LogP contribution in [-0.2, 0) is 16.3 Å². The Morgan fingerprint density at radius 2 is 2.42 bits per heavy atom. The number of hydrogen-bond acceptors (Lipinski definition) is 2. The minimum absolute atomic E-state index is 0.0832. The summed E-state index contributed by atoms with van der Waals surface area (Å²) in [6.07, 6.45) is 4.36. The van der Waals surface area contributed by atoms with Crippen molar-refractivity contribution in [3.63, 3.8) is 0 Å². The van der Waals surface area contributed by atoms with Gasteiger partial charge in [-0.15, -0.1) is 0 Å². The lowest BCUT2D eigenvalue weighted by Crippen LogP contribution is -2.07. The zero-order chi connectivity index (χ0) is 8.81. The van der Waals surface area contributed by atoms with Crippen molar-refractivity contribution in [3.05, 3.63) is 12.5 Å². The van der Waals surface area contributed by atoms with E-state index in [0.717, 1.165) is 6.42 Å². The van der Waals surface area contributed by atoms with Crippen LogP contribution in [0.5, 0.6) is 0 Å². The first-order valence-electron chi connectivity index (χ1n) is 3.79. The minimum atomic E-state index is -1.01. The highest BCUT2D eigenvalue weighted by atomic mass is 32.2. The third-order valence-electron chi connectivity index (χ3n) is 1.44. The predicted molar refractivity (Wildman–Crippen MR) is 44.7 cm³/mol. The molecule has 0 bridgehead atoms. The number of H-pyrrole nitrogens is 1. The summed E-state index contributed by atoms with van der Waals surface area (Å²) in [6, 6.07) is 0. The van der Waals surface area contributed by atoms with Gasteiger partial charge >= 0.3 is 0 Å². The minimum Gasteiger partial charge on any atom is -0.610 e. The SMILES string of the molecule is [O]CCCC[S+]([O-])c1cnc[nH]1. The molecule has 1 radical (unpaired) electrons. The summed E-state index contributed by atoms with van der Waals surface area (Å²) in [4.78, 5) is 6.54. The third-order valence-corrected chi connectivity index (χ3v) is 2.82. The number of nitrogens with zero attached hydrogens (tertiary/aromatic N) is 1. The number of hydrogen-bond donors (Lipinski definition) is 1. The Morgan fingerprint density at radius 3 is 3.00 bits per heavy atom. The summed E-state index contributed by atoms with van der Waals surface area (Å²) in [6.45, 7) is -0.0832. The monoisotopic (exact) mass is 187 g/mol. The predicted octanol–water partition coefficient (Wildman–Crippen LogP) is 0.728. The van der Waals surface area contributed by atoms with Crippen molar-refractivity contribution < 1.29 is 9.66 Å². The highest BCUT2D eigenvalue weighted by Gasteiger charge is 2.10. The summed E-state index contributed by atoms with van der Waals surface area (Å²) < 4.78 is 11.3. The van der Waals surface area contributed by atoms with Crippen LogP contribution < -0.4 is 0 Å². The molecule has 1 rings (SSSR count). The summed E-state index contributed by atoms with van der Waals surface area (Å²) in [5, 5.41) is 10.7. The van der Waals surface area contributed by atoms with E-state index in [2.05, 4.69) is 9.97 Å². The van der Waals surface area contributed by atoms with Crippen LogP contribution in [-0.4, -0.2) is 26.9 Å². The van der Waals surface area contributed by atoms with E-state index in [1.165, 1.54) is 6.33 Å². The quantitative estimate of drug-likeness (QED) is 0.545. The number of nitrogens with one attached hydrogen (secondary N) is 1. The van der Waals surface area contributed by atoms with Gasteiger partial charge in [-0.2, -0.15) is 0 Å². The van der Waals surface area contributed by atoms with Crippen LogP contribution >= 0.6 is 0 Å². The molecular weight excluding hydrogens is 176 g/mol. The van der Waals surface area contributed by atoms with Crippen LogP contribution in [0.15, 0.2) is 17.6 Å². The molecule has 1 atom stereocenters. The molecule has 0 amide bonds. The van der Waals surface area contributed by atoms with E-state index in [0.29, 0.717) is 17.2 Å². The average molecular weight is 187 g/mol. The number of aromatic nitrogens is 2. The molecule has 1 heterocycles. The van der Waals surface area contributed by atoms with Crippen molar-refractivity contribution in [2.75, 3.05) is 12.4 Å². The van der Waals surface area contributed by atoms with E-state index in [9.17, 15) is 9.66 Å². The number of aromatic amines is 1. The van der Waals surface area contributed by atoms with Crippen LogP contribution in [0.2, 0.25) is 0 Å². The molecule has 1 aromatic heterocycles. The second-order valence-corrected chi connectivity index (χ2v) is 3.92. The van der Waals surface area contributed by atoms with Crippen LogP contribution in [0.1, 0.15) is 12.8 Å². The Kier molecular flexibility index (Phi) is 4.13. The molecule has 12 heavy (non-hydrogen) atoms. The standard InChI is InChI=1S/C7H11N2O2S/c10-3-1-2-4-12(11)7-5-8-6-9-7/h5-6H,1-4H2,(H,8,9). The Hall–Kier alpha value is -0.520. The topological polar surface area (TPSA) is 71.6 Å². The van der Waals surface area contributed by atoms with Gasteiger partial charge in [-0.3, -0.25) is 0 Å². The Balaban J connectivity index is 2.25. The van der Waals surface area contributed by atoms with Crippen molar-refractivity contribution in [2.45, 2.75) is 17.9 Å². The molecule has 0 fully saturated rings. The second-order valence-electron chi connectivity index (χ2n) is 2.38. The van der Waals surface area contributed by atoms with Gasteiger partial charge in [0.2, 0.25) is 5.03 Å². The lowest BCUT2D eigenvalue weighted by atomic mass is 10.4. The third kappa shape index (κ3) is 2.84. The van der Waals surface area contributed by atoms with Crippen LogP contribution in [0.25, 0.3) is 0 Å². The molecule has 0 aliphatic rings. The van der Waals surface area contributed by atoms with E-state index in [4.69, 9.17) is 0 Å². The molecule has 0 saturated heterocycles. The van der Waals surface area contributed by atoms with Gasteiger partial charge in [-0.05, 0) is 12.8 Å². The lowest BCUT2D eigenvalue weighted by molar-refractivity contribution is 0.188. The van der Waals surface area contributed by atoms with Crippen LogP contribution in [0.4, 0.5) is 0 Å². The van der Waals surface area contributed by atoms with Crippen LogP contribution in [0.3, 0.4) is 0 Å². The normalized spacial score (nSPS) is 13.2. The summed E-state index contributed by atoms with van der Waals surface area (Å²) in [7, 11) is 0. The zero-order valence-electron chi connectivity index (χ0n) is 6.66. The maximum absolute atomic E-state index is 11.3. The van der Waals surface area contributed by atoms with Gasteiger partial charge in [0.25, 0.3) is 0 Å². The highest BCUT2D eigenvalue weighted by Crippen LogP contribution is 2.07. The smallest absolute Gasteiger partial charge is 0.242 e. The fourth-order valence-electron chi connectivity index (χ4n) is 0.813. The number of rotatable bonds is 5. The van der Waals surface area contributed by atoms with Crippen molar-refractivity contribution in [3.8, 4) is 0 Å². The summed E-state index contributed by atoms with van der Waals surface area (Å²) in [5.74, 6) is 0.546. The Bertz CT molecular complexity index is 203. The van der Waals surface area contributed by atoms with Crippen molar-refractivity contribution in [1.29, 1.82) is 0 Å². The van der Waals surface area contributed by atoms with E-state index < -0.39 is 11.2 Å². The second kappa shape index (κ2) is 5.18. The fraction of sp³-hybridized carbons (Fsp3) is 0.571. The van der Waals surface area contributed by atoms with Gasteiger partial charge in [-0.25, -0.2) is 10.1 Å². The number of unbranched alkanes of at least 4 members (excludes halogenated alkanes) is 1. The molecule has 4 nitrogen and oxygen atoms in total. The fourth-order valence-corrected chi connectivity index (χ4v) is 1.86. The molecule has 0 saturated carbocycles. The van der Waals surface area contributed by atoms with Gasteiger partial charge in [0, 0.05) is 11.2 Å². The van der Waals surface area contributed by atoms with Gasteiger partial charge in [-0.1, -0.05) is 0 Å². The first kappa shape index (κ1) is 9.57. The molecule has 5 heteroatoms. The maximum atomic E-state index is 11.3. The molecule has 1 aromatic rings. The van der Waals surface area contributed by atoms with E-state index in [1.807, 2.05) is 0 Å². The Morgan fingerprint density at radius 1 is 1.58 bits per heavy atom. The molecule has 1 N–H and O–H groups in total. The molecular formula is C7H11N2O2S. The molecule has 0 spiro atoms. The molecule has 67 valence electrons. The average Bonchev–Trinajstić information content (AvgIpc) is 2.56. The number of imidazole rings is 1. The lowest BCUT2D eigenvalue weighted by Gasteiger charge is -2.05. The van der Waals surface area contributed by atoms with E-state index >= 15 is 0 Å². The largest absolute Gasteiger partial charge is 0.610 e. The molecule has 0 aliphatic heterocycles.